The average molecular weight is 450 g/mol. The number of phenolic OH excluding ortho intramolecular Hbond substituents is 2. The number of hydrogen-bond acceptors (Lipinski definition) is 12. The molecule has 14 heteroatoms. The number of amides is 1. The highest BCUT2D eigenvalue weighted by Gasteiger charge is 2.26. The molecule has 5 rings (SSSR count). The highest BCUT2D eigenvalue weighted by molar-refractivity contribution is 5.99. The van der Waals surface area contributed by atoms with Gasteiger partial charge in [-0.15, -0.1) is 5.10 Å². The summed E-state index contributed by atoms with van der Waals surface area (Å²) in [6.45, 7) is 0.0720. The molecule has 0 unspecified atom stereocenters. The van der Waals surface area contributed by atoms with E-state index < -0.39 is 5.91 Å². The number of aromatic nitrogens is 5. The molecule has 1 aliphatic rings. The molecule has 0 bridgehead atoms. The van der Waals surface area contributed by atoms with Gasteiger partial charge in [-0.3, -0.25) is 4.79 Å². The van der Waals surface area contributed by atoms with Crippen LogP contribution in [-0.4, -0.2) is 54.4 Å². The first-order valence-electron chi connectivity index (χ1n) is 9.31. The van der Waals surface area contributed by atoms with Gasteiger partial charge in [0.2, 0.25) is 18.4 Å². The Kier molecular flexibility index (Phi) is 4.71. The Morgan fingerprint density at radius 1 is 1.15 bits per heavy atom. The molecule has 0 fully saturated rings. The second-order valence-electron chi connectivity index (χ2n) is 6.68. The Bertz CT molecular complexity index is 1390. The first-order valence-corrected chi connectivity index (χ1v) is 9.31. The van der Waals surface area contributed by atoms with Crippen LogP contribution in [0.5, 0.6) is 23.0 Å². The van der Waals surface area contributed by atoms with Crippen molar-refractivity contribution in [2.75, 3.05) is 12.5 Å². The number of ether oxygens (including phenoxy) is 2. The maximum Gasteiger partial charge on any atom is 0.294 e. The van der Waals surface area contributed by atoms with Gasteiger partial charge in [0.05, 0.1) is 6.21 Å². The lowest BCUT2D eigenvalue weighted by Crippen LogP contribution is -2.19. The number of benzene rings is 2. The number of carbonyl (C=O) groups is 1. The van der Waals surface area contributed by atoms with Crippen LogP contribution in [0.3, 0.4) is 0 Å². The van der Waals surface area contributed by atoms with Crippen molar-refractivity contribution in [2.24, 2.45) is 5.10 Å². The van der Waals surface area contributed by atoms with Crippen molar-refractivity contribution in [3.05, 3.63) is 47.7 Å². The van der Waals surface area contributed by atoms with Crippen molar-refractivity contribution < 1.29 is 29.1 Å². The predicted molar refractivity (Wildman–Crippen MR) is 110 cm³/mol. The number of nitrogens with two attached hydrogens (primary N) is 1. The Morgan fingerprint density at radius 2 is 2.00 bits per heavy atom. The lowest BCUT2D eigenvalue weighted by Gasteiger charge is -2.07. The number of nitrogens with one attached hydrogen (secondary N) is 1. The van der Waals surface area contributed by atoms with Crippen molar-refractivity contribution in [2.45, 2.75) is 0 Å². The van der Waals surface area contributed by atoms with Gasteiger partial charge in [0.15, 0.2) is 17.2 Å². The minimum Gasteiger partial charge on any atom is -0.508 e. The van der Waals surface area contributed by atoms with Crippen LogP contribution in [0.4, 0.5) is 5.82 Å². The largest absolute Gasteiger partial charge is 0.508 e. The second kappa shape index (κ2) is 7.84. The van der Waals surface area contributed by atoms with E-state index in [-0.39, 0.29) is 46.9 Å². The van der Waals surface area contributed by atoms with E-state index in [0.717, 1.165) is 6.07 Å². The summed E-state index contributed by atoms with van der Waals surface area (Å²) in [6.07, 6.45) is 1.21. The molecule has 0 saturated carbocycles. The third-order valence-corrected chi connectivity index (χ3v) is 4.61. The van der Waals surface area contributed by atoms with Gasteiger partial charge in [0, 0.05) is 17.2 Å². The zero-order valence-electron chi connectivity index (χ0n) is 16.5. The Balaban J connectivity index is 1.51. The molecule has 5 N–H and O–H groups in total. The summed E-state index contributed by atoms with van der Waals surface area (Å²) in [7, 11) is 0. The molecule has 1 aliphatic heterocycles. The minimum absolute atomic E-state index is 0.0340. The first-order chi connectivity index (χ1) is 16.0. The number of fused-ring (bicyclic) bond motifs is 1. The van der Waals surface area contributed by atoms with Crippen LogP contribution in [0, 0.1) is 0 Å². The summed E-state index contributed by atoms with van der Waals surface area (Å²) in [4.78, 5) is 12.9. The molecule has 166 valence electrons. The number of carbonyl (C=O) groups excluding carboxylic acids is 1. The quantitative estimate of drug-likeness (QED) is 0.248. The highest BCUT2D eigenvalue weighted by Crippen LogP contribution is 2.37. The highest BCUT2D eigenvalue weighted by atomic mass is 16.7. The zero-order chi connectivity index (χ0) is 22.9. The fourth-order valence-electron chi connectivity index (χ4n) is 3.08. The summed E-state index contributed by atoms with van der Waals surface area (Å²) in [6, 6.07) is 8.93. The van der Waals surface area contributed by atoms with Crippen molar-refractivity contribution in [3.8, 4) is 40.1 Å². The summed E-state index contributed by atoms with van der Waals surface area (Å²) in [5, 5.41) is 38.2. The van der Waals surface area contributed by atoms with Crippen molar-refractivity contribution in [3.63, 3.8) is 0 Å². The van der Waals surface area contributed by atoms with Gasteiger partial charge in [0.1, 0.15) is 17.2 Å². The molecule has 2 aromatic heterocycles. The molecule has 14 nitrogen and oxygen atoms in total. The molecule has 0 saturated heterocycles. The van der Waals surface area contributed by atoms with E-state index in [1.165, 1.54) is 23.0 Å². The fraction of sp³-hybridized carbons (Fsp3) is 0.0526. The van der Waals surface area contributed by atoms with E-state index in [0.29, 0.717) is 17.1 Å². The predicted octanol–water partition coefficient (Wildman–Crippen LogP) is 0.803. The van der Waals surface area contributed by atoms with Gasteiger partial charge in [-0.05, 0) is 40.6 Å². The number of phenols is 2. The van der Waals surface area contributed by atoms with Crippen molar-refractivity contribution in [1.29, 1.82) is 0 Å². The Labute approximate surface area is 183 Å². The topological polar surface area (TPSA) is 196 Å². The van der Waals surface area contributed by atoms with Crippen LogP contribution in [-0.2, 0) is 0 Å². The molecule has 33 heavy (non-hydrogen) atoms. The molecule has 0 aliphatic carbocycles. The molecule has 2 aromatic carbocycles. The van der Waals surface area contributed by atoms with E-state index in [4.69, 9.17) is 15.2 Å². The van der Waals surface area contributed by atoms with Crippen LogP contribution < -0.4 is 20.6 Å². The molecule has 0 radical (unpaired) electrons. The summed E-state index contributed by atoms with van der Waals surface area (Å²) < 4.78 is 16.6. The number of rotatable bonds is 5. The maximum atomic E-state index is 12.9. The molecule has 1 amide bonds. The number of aromatic hydroxyl groups is 2. The lowest BCUT2D eigenvalue weighted by atomic mass is 10.1. The van der Waals surface area contributed by atoms with Gasteiger partial charge >= 0.3 is 0 Å². The van der Waals surface area contributed by atoms with Crippen LogP contribution in [0.1, 0.15) is 16.1 Å². The molecule has 0 atom stereocenters. The Hall–Kier alpha value is -5.14. The molecular formula is C19H14N8O6. The average Bonchev–Trinajstić information content (AvgIpc) is 3.53. The van der Waals surface area contributed by atoms with Crippen LogP contribution in [0.15, 0.2) is 46.1 Å². The van der Waals surface area contributed by atoms with E-state index >= 15 is 0 Å². The minimum atomic E-state index is -0.710. The van der Waals surface area contributed by atoms with Crippen LogP contribution in [0.2, 0.25) is 0 Å². The van der Waals surface area contributed by atoms with Gasteiger partial charge < -0.3 is 25.4 Å². The third-order valence-electron chi connectivity index (χ3n) is 4.61. The number of nitrogen functional groups attached to an aromatic ring is 1. The number of hydrogen-bond donors (Lipinski definition) is 4. The monoisotopic (exact) mass is 450 g/mol. The fourth-order valence-corrected chi connectivity index (χ4v) is 3.08. The number of nitrogens with zero attached hydrogens (tertiary/aromatic N) is 6. The first kappa shape index (κ1) is 19.8. The van der Waals surface area contributed by atoms with E-state index in [2.05, 4.69) is 35.8 Å². The summed E-state index contributed by atoms with van der Waals surface area (Å²) in [5.41, 5.74) is 9.00. The smallest absolute Gasteiger partial charge is 0.294 e. The van der Waals surface area contributed by atoms with E-state index in [1.807, 2.05) is 0 Å². The van der Waals surface area contributed by atoms with Gasteiger partial charge in [-0.2, -0.15) is 9.78 Å². The normalized spacial score (nSPS) is 12.4. The van der Waals surface area contributed by atoms with E-state index in [9.17, 15) is 15.0 Å². The standard InChI is InChI=1S/C19H14N8O6/c20-17-18(25-33-24-17)27-16(9-2-4-13-14(5-9)32-8-31-13)15(22-26-27)19(30)23-21-7-10-1-3-11(28)6-12(10)29/h1-7,28-29H,8H2,(H2,20,24)(H,23,30)/b21-7+. The molecule has 4 aromatic rings. The third kappa shape index (κ3) is 3.60. The zero-order valence-corrected chi connectivity index (χ0v) is 16.5. The SMILES string of the molecule is Nc1nonc1-n1nnc(C(=O)N/N=C/c2ccc(O)cc2O)c1-c1ccc2c(c1)OCO2. The summed E-state index contributed by atoms with van der Waals surface area (Å²) in [5.74, 6) is -0.0439. The molecule has 0 spiro atoms. The lowest BCUT2D eigenvalue weighted by molar-refractivity contribution is 0.0950. The Morgan fingerprint density at radius 3 is 2.79 bits per heavy atom. The van der Waals surface area contributed by atoms with Crippen molar-refractivity contribution >= 4 is 17.9 Å². The maximum absolute atomic E-state index is 12.9. The van der Waals surface area contributed by atoms with Crippen LogP contribution in [0.25, 0.3) is 17.1 Å². The summed E-state index contributed by atoms with van der Waals surface area (Å²) >= 11 is 0. The van der Waals surface area contributed by atoms with Gasteiger partial charge in [-0.1, -0.05) is 5.21 Å². The van der Waals surface area contributed by atoms with Crippen LogP contribution >= 0.6 is 0 Å². The van der Waals surface area contributed by atoms with Gasteiger partial charge in [0.25, 0.3) is 5.91 Å². The number of anilines is 1. The van der Waals surface area contributed by atoms with Crippen molar-refractivity contribution in [1.82, 2.24) is 30.7 Å². The van der Waals surface area contributed by atoms with E-state index in [1.54, 1.807) is 18.2 Å². The van der Waals surface area contributed by atoms with Gasteiger partial charge in [-0.25, -0.2) is 10.1 Å². The molecular weight excluding hydrogens is 436 g/mol. The number of hydrazone groups is 1. The second-order valence-corrected chi connectivity index (χ2v) is 6.68. The molecule has 3 heterocycles.